The second-order valence-corrected chi connectivity index (χ2v) is 10.3. The molecule has 7 heteroatoms. The normalized spacial score (nSPS) is 15.9. The second kappa shape index (κ2) is 9.27. The number of hydrogen-bond acceptors (Lipinski definition) is 4. The van der Waals surface area contributed by atoms with Crippen LogP contribution in [0.15, 0.2) is 73.1 Å². The molecule has 3 aromatic heterocycles. The summed E-state index contributed by atoms with van der Waals surface area (Å²) in [6.45, 7) is 1.55. The number of carbonyl (C=O) groups excluding carboxylic acids is 2. The molecule has 39 heavy (non-hydrogen) atoms. The van der Waals surface area contributed by atoms with Crippen molar-refractivity contribution in [1.29, 1.82) is 0 Å². The topological polar surface area (TPSA) is 81.0 Å². The molecule has 0 aliphatic carbocycles. The first-order valence-corrected chi connectivity index (χ1v) is 13.6. The summed E-state index contributed by atoms with van der Waals surface area (Å²) in [6, 6.07) is 20.6. The van der Waals surface area contributed by atoms with Gasteiger partial charge in [-0.05, 0) is 49.4 Å². The van der Waals surface area contributed by atoms with E-state index < -0.39 is 0 Å². The molecule has 3 aliphatic rings. The number of aromatic nitrogens is 3. The number of carbonyl (C=O) groups is 2. The van der Waals surface area contributed by atoms with E-state index in [-0.39, 0.29) is 11.8 Å². The van der Waals surface area contributed by atoms with Crippen LogP contribution in [0.5, 0.6) is 0 Å². The molecule has 0 atom stereocenters. The van der Waals surface area contributed by atoms with E-state index in [0.717, 1.165) is 83.2 Å². The van der Waals surface area contributed by atoms with Crippen molar-refractivity contribution in [3.63, 3.8) is 0 Å². The smallest absolute Gasteiger partial charge is 0.259 e. The lowest BCUT2D eigenvalue weighted by Crippen LogP contribution is -2.22. The first-order chi connectivity index (χ1) is 19.1. The van der Waals surface area contributed by atoms with E-state index in [2.05, 4.69) is 44.0 Å². The summed E-state index contributed by atoms with van der Waals surface area (Å²) in [6.07, 6.45) is 7.63. The lowest BCUT2D eigenvalue weighted by Gasteiger charge is -2.12. The summed E-state index contributed by atoms with van der Waals surface area (Å²) in [7, 11) is 1.93. The quantitative estimate of drug-likeness (QED) is 0.302. The molecule has 0 spiro atoms. The number of imide groups is 1. The van der Waals surface area contributed by atoms with Gasteiger partial charge in [0, 0.05) is 71.2 Å². The number of para-hydroxylation sites is 2. The maximum absolute atomic E-state index is 13.4. The molecular formula is C32H29N5O2. The van der Waals surface area contributed by atoms with Gasteiger partial charge >= 0.3 is 0 Å². The molecule has 8 rings (SSSR count). The Balaban J connectivity index is 1.47. The zero-order valence-electron chi connectivity index (χ0n) is 21.8. The Morgan fingerprint density at radius 2 is 1.31 bits per heavy atom. The van der Waals surface area contributed by atoms with Crippen LogP contribution in [-0.2, 0) is 35.5 Å². The predicted molar refractivity (Wildman–Crippen MR) is 154 cm³/mol. The van der Waals surface area contributed by atoms with E-state index >= 15 is 0 Å². The molecule has 2 N–H and O–H groups in total. The van der Waals surface area contributed by atoms with Gasteiger partial charge in [0.05, 0.1) is 11.1 Å². The maximum atomic E-state index is 13.4. The summed E-state index contributed by atoms with van der Waals surface area (Å²) in [5, 5.41) is 7.83. The lowest BCUT2D eigenvalue weighted by atomic mass is 9.95. The van der Waals surface area contributed by atoms with E-state index in [0.29, 0.717) is 11.1 Å². The first kappa shape index (κ1) is 23.5. The van der Waals surface area contributed by atoms with Gasteiger partial charge in [-0.3, -0.25) is 14.9 Å². The molecule has 0 fully saturated rings. The minimum absolute atomic E-state index is 0.339. The standard InChI is InChI=1S/C32H29N5O2/c1-33-30-20-8-6-16-36-18-24(22-10-2-4-12-26(22)36)28-29(32(39)35-31(28)38)25-19-37(27-13-5-3-11-23(25)27)17-7-9-21(34-30)15-14-20/h2-5,10-15,18-19H,6-9,16-17H2,1H3,(H,33,34)(H,35,38,39). The number of rotatable bonds is 1. The van der Waals surface area contributed by atoms with Gasteiger partial charge < -0.3 is 14.5 Å². The first-order valence-electron chi connectivity index (χ1n) is 13.6. The van der Waals surface area contributed by atoms with Crippen molar-refractivity contribution in [2.75, 3.05) is 12.4 Å². The zero-order valence-corrected chi connectivity index (χ0v) is 21.8. The molecule has 0 unspecified atom stereocenters. The Morgan fingerprint density at radius 1 is 0.744 bits per heavy atom. The van der Waals surface area contributed by atoms with Gasteiger partial charge in [-0.15, -0.1) is 0 Å². The molecule has 194 valence electrons. The van der Waals surface area contributed by atoms with Crippen LogP contribution in [0.1, 0.15) is 35.2 Å². The Morgan fingerprint density at radius 3 is 1.90 bits per heavy atom. The number of nitrogens with one attached hydrogen (secondary N) is 2. The van der Waals surface area contributed by atoms with Gasteiger partial charge in [-0.25, -0.2) is 4.98 Å². The Bertz CT molecular complexity index is 1820. The van der Waals surface area contributed by atoms with Gasteiger partial charge in [0.1, 0.15) is 5.82 Å². The number of nitrogens with zero attached hydrogens (tertiary/aromatic N) is 3. The minimum atomic E-state index is -0.340. The molecule has 5 aromatic rings. The largest absolute Gasteiger partial charge is 0.373 e. The van der Waals surface area contributed by atoms with Crippen LogP contribution < -0.4 is 10.6 Å². The van der Waals surface area contributed by atoms with Crippen LogP contribution in [0.2, 0.25) is 0 Å². The average molecular weight is 516 g/mol. The SMILES string of the molecule is CNc1nc2ccc1CCCn1cc(c3ccccc31)C1=C(C(=O)NC1=O)c1cn(c3ccccc13)CCC2. The molecule has 6 bridgehead atoms. The molecule has 2 aromatic carbocycles. The third-order valence-electron chi connectivity index (χ3n) is 8.00. The Labute approximate surface area is 226 Å². The summed E-state index contributed by atoms with van der Waals surface area (Å²) in [5.74, 6) is 0.261. The highest BCUT2D eigenvalue weighted by atomic mass is 16.2. The van der Waals surface area contributed by atoms with Crippen molar-refractivity contribution in [3.8, 4) is 0 Å². The monoisotopic (exact) mass is 515 g/mol. The summed E-state index contributed by atoms with van der Waals surface area (Å²) in [5.41, 5.74) is 6.86. The molecular weight excluding hydrogens is 486 g/mol. The molecule has 2 amide bonds. The Kier molecular flexibility index (Phi) is 5.58. The third kappa shape index (κ3) is 3.84. The van der Waals surface area contributed by atoms with Crippen molar-refractivity contribution >= 4 is 50.6 Å². The van der Waals surface area contributed by atoms with Crippen molar-refractivity contribution in [2.24, 2.45) is 0 Å². The fraction of sp³-hybridized carbons (Fsp3) is 0.219. The number of anilines is 1. The van der Waals surface area contributed by atoms with Crippen molar-refractivity contribution in [3.05, 3.63) is 95.4 Å². The molecule has 0 saturated heterocycles. The van der Waals surface area contributed by atoms with Gasteiger partial charge in [-0.2, -0.15) is 0 Å². The van der Waals surface area contributed by atoms with Crippen LogP contribution in [0.3, 0.4) is 0 Å². The minimum Gasteiger partial charge on any atom is -0.373 e. The number of amides is 2. The van der Waals surface area contributed by atoms with E-state index in [1.54, 1.807) is 0 Å². The summed E-state index contributed by atoms with van der Waals surface area (Å²) in [4.78, 5) is 31.6. The number of aryl methyl sites for hydroxylation is 4. The lowest BCUT2D eigenvalue weighted by molar-refractivity contribution is -0.122. The van der Waals surface area contributed by atoms with Crippen LogP contribution in [0.25, 0.3) is 33.0 Å². The van der Waals surface area contributed by atoms with Crippen molar-refractivity contribution in [1.82, 2.24) is 19.4 Å². The van der Waals surface area contributed by atoms with Gasteiger partial charge in [0.25, 0.3) is 11.8 Å². The molecule has 7 nitrogen and oxygen atoms in total. The van der Waals surface area contributed by atoms with Crippen molar-refractivity contribution in [2.45, 2.75) is 38.8 Å². The zero-order chi connectivity index (χ0) is 26.5. The average Bonchev–Trinajstić information content (AvgIpc) is 3.59. The Hall–Kier alpha value is -4.65. The van der Waals surface area contributed by atoms with Crippen LogP contribution >= 0.6 is 0 Å². The molecule has 0 saturated carbocycles. The van der Waals surface area contributed by atoms with Crippen LogP contribution in [-0.4, -0.2) is 33.0 Å². The predicted octanol–water partition coefficient (Wildman–Crippen LogP) is 5.18. The van der Waals surface area contributed by atoms with Crippen LogP contribution in [0.4, 0.5) is 5.82 Å². The number of hydrogen-bond donors (Lipinski definition) is 2. The van der Waals surface area contributed by atoms with E-state index in [4.69, 9.17) is 4.98 Å². The second-order valence-electron chi connectivity index (χ2n) is 10.3. The third-order valence-corrected chi connectivity index (χ3v) is 8.00. The molecule has 6 heterocycles. The fourth-order valence-corrected chi connectivity index (χ4v) is 6.19. The summed E-state index contributed by atoms with van der Waals surface area (Å²) >= 11 is 0. The number of benzene rings is 2. The van der Waals surface area contributed by atoms with E-state index in [1.807, 2.05) is 55.8 Å². The highest BCUT2D eigenvalue weighted by Gasteiger charge is 2.35. The highest BCUT2D eigenvalue weighted by molar-refractivity contribution is 6.50. The highest BCUT2D eigenvalue weighted by Crippen LogP contribution is 2.39. The van der Waals surface area contributed by atoms with Gasteiger partial charge in [0.2, 0.25) is 0 Å². The van der Waals surface area contributed by atoms with E-state index in [9.17, 15) is 9.59 Å². The number of fused-ring (bicyclic) bond motifs is 8. The van der Waals surface area contributed by atoms with Gasteiger partial charge in [0.15, 0.2) is 0 Å². The maximum Gasteiger partial charge on any atom is 0.259 e. The van der Waals surface area contributed by atoms with E-state index in [1.165, 1.54) is 5.56 Å². The van der Waals surface area contributed by atoms with Gasteiger partial charge in [-0.1, -0.05) is 42.5 Å². The number of pyridine rings is 1. The summed E-state index contributed by atoms with van der Waals surface area (Å²) < 4.78 is 4.41. The fourth-order valence-electron chi connectivity index (χ4n) is 6.19. The van der Waals surface area contributed by atoms with Crippen LogP contribution in [0, 0.1) is 0 Å². The molecule has 0 radical (unpaired) electrons. The van der Waals surface area contributed by atoms with Crippen molar-refractivity contribution < 1.29 is 9.59 Å². The molecule has 3 aliphatic heterocycles.